The maximum Gasteiger partial charge on any atom is 0.309 e. The third-order valence-corrected chi connectivity index (χ3v) is 6.61. The molecule has 3 rings (SSSR count). The Morgan fingerprint density at radius 1 is 1.45 bits per heavy atom. The molecule has 2 fully saturated rings. The zero-order chi connectivity index (χ0) is 15.9. The van der Waals surface area contributed by atoms with Gasteiger partial charge in [0.1, 0.15) is 0 Å². The number of piperidine rings is 1. The molecule has 0 aromatic rings. The smallest absolute Gasteiger partial charge is 0.309 e. The lowest BCUT2D eigenvalue weighted by molar-refractivity contribution is -0.154. The molecule has 2 heterocycles. The van der Waals surface area contributed by atoms with E-state index >= 15 is 0 Å². The number of carbonyl (C=O) groups excluding carboxylic acids is 1. The van der Waals surface area contributed by atoms with E-state index in [1.807, 2.05) is 6.92 Å². The van der Waals surface area contributed by atoms with Gasteiger partial charge >= 0.3 is 5.97 Å². The Morgan fingerprint density at radius 2 is 2.23 bits per heavy atom. The van der Waals surface area contributed by atoms with Crippen molar-refractivity contribution < 1.29 is 9.53 Å². The van der Waals surface area contributed by atoms with Gasteiger partial charge in [0.15, 0.2) is 0 Å². The van der Waals surface area contributed by atoms with Gasteiger partial charge in [-0.25, -0.2) is 0 Å². The average Bonchev–Trinajstić information content (AvgIpc) is 2.83. The number of carbonyl (C=O) groups is 1. The highest BCUT2D eigenvalue weighted by molar-refractivity contribution is 9.11. The van der Waals surface area contributed by atoms with E-state index in [9.17, 15) is 4.79 Å². The monoisotopic (exact) mass is 369 g/mol. The standard InChI is InChI=1S/C18H28BrNO2/c1-4-22-18(21)17-15(11(2)3)13(19)9-12-10-20-8-6-5-7-14(20)16(12)17/h9,11-12,14-17H,4-8,10H2,1-3H3/t12-,14+,15-,16-,17+/m1/s1. The van der Waals surface area contributed by atoms with Gasteiger partial charge in [0.25, 0.3) is 0 Å². The summed E-state index contributed by atoms with van der Waals surface area (Å²) in [6.07, 6.45) is 6.26. The van der Waals surface area contributed by atoms with Crippen LogP contribution in [0.2, 0.25) is 0 Å². The van der Waals surface area contributed by atoms with E-state index in [2.05, 4.69) is 40.8 Å². The Labute approximate surface area is 142 Å². The van der Waals surface area contributed by atoms with Crippen LogP contribution in [0.4, 0.5) is 0 Å². The highest BCUT2D eigenvalue weighted by atomic mass is 79.9. The number of hydrogen-bond acceptors (Lipinski definition) is 3. The first kappa shape index (κ1) is 16.5. The molecule has 22 heavy (non-hydrogen) atoms. The number of rotatable bonds is 3. The summed E-state index contributed by atoms with van der Waals surface area (Å²) in [6, 6.07) is 0.575. The number of nitrogens with zero attached hydrogens (tertiary/aromatic N) is 1. The molecular formula is C18H28BrNO2. The van der Waals surface area contributed by atoms with Crippen LogP contribution in [0.3, 0.4) is 0 Å². The molecule has 2 aliphatic heterocycles. The molecule has 0 unspecified atom stereocenters. The van der Waals surface area contributed by atoms with Crippen molar-refractivity contribution in [2.45, 2.75) is 46.1 Å². The highest BCUT2D eigenvalue weighted by Crippen LogP contribution is 2.51. The molecule has 0 bridgehead atoms. The molecule has 4 heteroatoms. The van der Waals surface area contributed by atoms with Crippen molar-refractivity contribution in [1.82, 2.24) is 4.90 Å². The average molecular weight is 370 g/mol. The number of hydrogen-bond donors (Lipinski definition) is 0. The van der Waals surface area contributed by atoms with Crippen molar-refractivity contribution in [1.29, 1.82) is 0 Å². The predicted molar refractivity (Wildman–Crippen MR) is 91.7 cm³/mol. The fourth-order valence-corrected chi connectivity index (χ4v) is 6.18. The summed E-state index contributed by atoms with van der Waals surface area (Å²) in [7, 11) is 0. The molecule has 3 nitrogen and oxygen atoms in total. The van der Waals surface area contributed by atoms with Gasteiger partial charge in [-0.1, -0.05) is 42.3 Å². The first-order chi connectivity index (χ1) is 10.5. The molecular weight excluding hydrogens is 342 g/mol. The Bertz CT molecular complexity index is 462. The van der Waals surface area contributed by atoms with Crippen LogP contribution in [0.5, 0.6) is 0 Å². The van der Waals surface area contributed by atoms with Crippen LogP contribution < -0.4 is 0 Å². The summed E-state index contributed by atoms with van der Waals surface area (Å²) >= 11 is 3.79. The SMILES string of the molecule is CCOC(=O)[C@@H]1[C@@H]2[C@H](C=C(Br)[C@H]1C(C)C)CN1CCCC[C@@H]21. The lowest BCUT2D eigenvalue weighted by Gasteiger charge is -2.42. The number of halogens is 1. The van der Waals surface area contributed by atoms with Crippen LogP contribution in [0, 0.1) is 29.6 Å². The fourth-order valence-electron chi connectivity index (χ4n) is 5.03. The van der Waals surface area contributed by atoms with Crippen LogP contribution in [-0.4, -0.2) is 36.6 Å². The van der Waals surface area contributed by atoms with Gasteiger partial charge in [-0.05, 0) is 48.5 Å². The van der Waals surface area contributed by atoms with Gasteiger partial charge in [0.05, 0.1) is 12.5 Å². The molecule has 1 aliphatic carbocycles. The fraction of sp³-hybridized carbons (Fsp3) is 0.833. The normalized spacial score (nSPS) is 38.4. The van der Waals surface area contributed by atoms with Gasteiger partial charge in [0.2, 0.25) is 0 Å². The quantitative estimate of drug-likeness (QED) is 0.708. The molecule has 0 saturated carbocycles. The Hall–Kier alpha value is -0.350. The second-order valence-electron chi connectivity index (χ2n) is 7.40. The van der Waals surface area contributed by atoms with E-state index in [0.29, 0.717) is 30.4 Å². The molecule has 0 aromatic carbocycles. The summed E-state index contributed by atoms with van der Waals surface area (Å²) in [6.45, 7) is 9.15. The highest BCUT2D eigenvalue weighted by Gasteiger charge is 2.53. The van der Waals surface area contributed by atoms with Crippen LogP contribution in [0.15, 0.2) is 10.6 Å². The molecule has 5 atom stereocenters. The summed E-state index contributed by atoms with van der Waals surface area (Å²) in [4.78, 5) is 15.4. The summed E-state index contributed by atoms with van der Waals surface area (Å²) in [5.41, 5.74) is 0. The Morgan fingerprint density at radius 3 is 2.91 bits per heavy atom. The zero-order valence-corrected chi connectivity index (χ0v) is 15.5. The van der Waals surface area contributed by atoms with E-state index in [1.54, 1.807) is 0 Å². The molecule has 124 valence electrons. The molecule has 0 aromatic heterocycles. The van der Waals surface area contributed by atoms with Crippen molar-refractivity contribution in [2.75, 3.05) is 19.7 Å². The molecule has 0 spiro atoms. The first-order valence-corrected chi connectivity index (χ1v) is 9.61. The molecule has 0 N–H and O–H groups in total. The van der Waals surface area contributed by atoms with Crippen molar-refractivity contribution in [3.8, 4) is 0 Å². The number of allylic oxidation sites excluding steroid dienone is 1. The van der Waals surface area contributed by atoms with Crippen molar-refractivity contribution in [3.63, 3.8) is 0 Å². The lowest BCUT2D eigenvalue weighted by Crippen LogP contribution is -2.46. The van der Waals surface area contributed by atoms with Gasteiger partial charge < -0.3 is 4.74 Å². The molecule has 2 saturated heterocycles. The third-order valence-electron chi connectivity index (χ3n) is 5.82. The third kappa shape index (κ3) is 2.77. The van der Waals surface area contributed by atoms with E-state index in [1.165, 1.54) is 30.3 Å². The van der Waals surface area contributed by atoms with Crippen LogP contribution in [0.25, 0.3) is 0 Å². The maximum atomic E-state index is 12.8. The zero-order valence-electron chi connectivity index (χ0n) is 13.9. The second kappa shape index (κ2) is 6.64. The minimum atomic E-state index is 0.0115. The first-order valence-electron chi connectivity index (χ1n) is 8.82. The largest absolute Gasteiger partial charge is 0.466 e. The summed E-state index contributed by atoms with van der Waals surface area (Å²) in [5.74, 6) is 1.68. The van der Waals surface area contributed by atoms with Crippen molar-refractivity contribution >= 4 is 21.9 Å². The van der Waals surface area contributed by atoms with Gasteiger partial charge in [-0.2, -0.15) is 0 Å². The predicted octanol–water partition coefficient (Wildman–Crippen LogP) is 3.83. The number of esters is 1. The van der Waals surface area contributed by atoms with E-state index in [-0.39, 0.29) is 17.8 Å². The number of ether oxygens (including phenoxy) is 1. The van der Waals surface area contributed by atoms with Crippen molar-refractivity contribution in [3.05, 3.63) is 10.6 Å². The van der Waals surface area contributed by atoms with Crippen molar-refractivity contribution in [2.24, 2.45) is 29.6 Å². The van der Waals surface area contributed by atoms with Gasteiger partial charge in [-0.3, -0.25) is 9.69 Å². The molecule has 0 radical (unpaired) electrons. The minimum Gasteiger partial charge on any atom is -0.466 e. The number of fused-ring (bicyclic) bond motifs is 3. The molecule has 3 aliphatic rings. The minimum absolute atomic E-state index is 0.0115. The maximum absolute atomic E-state index is 12.8. The second-order valence-corrected chi connectivity index (χ2v) is 8.31. The summed E-state index contributed by atoms with van der Waals surface area (Å²) < 4.78 is 6.72. The van der Waals surface area contributed by atoms with Crippen LogP contribution >= 0.6 is 15.9 Å². The van der Waals surface area contributed by atoms with E-state index in [4.69, 9.17) is 4.74 Å². The van der Waals surface area contributed by atoms with Gasteiger partial charge in [0, 0.05) is 18.5 Å². The van der Waals surface area contributed by atoms with Gasteiger partial charge in [-0.15, -0.1) is 0 Å². The summed E-state index contributed by atoms with van der Waals surface area (Å²) in [5, 5.41) is 0. The Balaban J connectivity index is 1.96. The lowest BCUT2D eigenvalue weighted by atomic mass is 9.65. The van der Waals surface area contributed by atoms with E-state index in [0.717, 1.165) is 6.54 Å². The van der Waals surface area contributed by atoms with Crippen LogP contribution in [-0.2, 0) is 9.53 Å². The molecule has 0 amide bonds. The Kier molecular flexibility index (Phi) is 4.98. The van der Waals surface area contributed by atoms with Crippen LogP contribution in [0.1, 0.15) is 40.0 Å². The van der Waals surface area contributed by atoms with E-state index < -0.39 is 0 Å². The topological polar surface area (TPSA) is 29.5 Å².